The molecule has 5 heteroatoms. The number of halogens is 1. The number of thiophene rings is 1. The van der Waals surface area contributed by atoms with Crippen LogP contribution < -0.4 is 0 Å². The maximum absolute atomic E-state index is 12.5. The Morgan fingerprint density at radius 2 is 2.09 bits per heavy atom. The second-order valence-electron chi connectivity index (χ2n) is 5.99. The van der Waals surface area contributed by atoms with Gasteiger partial charge in [-0.3, -0.25) is 9.69 Å². The van der Waals surface area contributed by atoms with Gasteiger partial charge in [0, 0.05) is 18.0 Å². The van der Waals surface area contributed by atoms with Crippen molar-refractivity contribution in [3.8, 4) is 0 Å². The van der Waals surface area contributed by atoms with Crippen LogP contribution in [-0.2, 0) is 11.3 Å². The minimum atomic E-state index is 0.164. The predicted molar refractivity (Wildman–Crippen MR) is 95.8 cm³/mol. The zero-order valence-corrected chi connectivity index (χ0v) is 14.8. The fourth-order valence-corrected chi connectivity index (χ4v) is 4.26. The van der Waals surface area contributed by atoms with Gasteiger partial charge in [0.2, 0.25) is 5.91 Å². The van der Waals surface area contributed by atoms with Crippen molar-refractivity contribution in [3.63, 3.8) is 0 Å². The summed E-state index contributed by atoms with van der Waals surface area (Å²) >= 11 is 7.49. The largest absolute Gasteiger partial charge is 0.340 e. The van der Waals surface area contributed by atoms with Crippen LogP contribution in [0.15, 0.2) is 42.5 Å². The van der Waals surface area contributed by atoms with E-state index >= 15 is 0 Å². The molecule has 0 bridgehead atoms. The summed E-state index contributed by atoms with van der Waals surface area (Å²) in [6, 6.07) is 14.7. The second-order valence-corrected chi connectivity index (χ2v) is 7.79. The first-order valence-corrected chi connectivity index (χ1v) is 9.10. The van der Waals surface area contributed by atoms with Crippen molar-refractivity contribution in [2.45, 2.75) is 25.4 Å². The molecule has 0 saturated carbocycles. The molecule has 0 spiro atoms. The summed E-state index contributed by atoms with van der Waals surface area (Å²) in [4.78, 5) is 17.8. The Morgan fingerprint density at radius 3 is 2.78 bits per heavy atom. The lowest BCUT2D eigenvalue weighted by Crippen LogP contribution is -2.37. The van der Waals surface area contributed by atoms with Gasteiger partial charge in [-0.1, -0.05) is 41.9 Å². The van der Waals surface area contributed by atoms with E-state index in [0.29, 0.717) is 19.1 Å². The minimum absolute atomic E-state index is 0.164. The molecule has 3 nitrogen and oxygen atoms in total. The number of rotatable bonds is 5. The molecule has 1 aromatic carbocycles. The van der Waals surface area contributed by atoms with Crippen LogP contribution >= 0.6 is 22.9 Å². The Balaban J connectivity index is 1.60. The number of likely N-dealkylation sites (N-methyl/N-ethyl adjacent to an activating group) is 1. The van der Waals surface area contributed by atoms with Crippen LogP contribution in [0.3, 0.4) is 0 Å². The van der Waals surface area contributed by atoms with E-state index in [9.17, 15) is 4.79 Å². The number of likely N-dealkylation sites (tertiary alicyclic amines) is 1. The molecule has 1 saturated heterocycles. The third-order valence-corrected chi connectivity index (χ3v) is 5.55. The maximum atomic E-state index is 12.5. The van der Waals surface area contributed by atoms with Crippen LogP contribution in [0, 0.1) is 0 Å². The normalized spacial score (nSPS) is 18.3. The first-order valence-electron chi connectivity index (χ1n) is 7.90. The van der Waals surface area contributed by atoms with Crippen LogP contribution in [0.4, 0.5) is 0 Å². The van der Waals surface area contributed by atoms with E-state index in [4.69, 9.17) is 11.6 Å². The number of hydrogen-bond acceptors (Lipinski definition) is 3. The average molecular weight is 349 g/mol. The van der Waals surface area contributed by atoms with E-state index in [2.05, 4.69) is 29.2 Å². The summed E-state index contributed by atoms with van der Waals surface area (Å²) in [5.41, 5.74) is 1.31. The molecule has 0 radical (unpaired) electrons. The lowest BCUT2D eigenvalue weighted by molar-refractivity contribution is -0.131. The molecule has 3 rings (SSSR count). The van der Waals surface area contributed by atoms with Gasteiger partial charge in [-0.05, 0) is 37.1 Å². The van der Waals surface area contributed by atoms with Gasteiger partial charge in [0.15, 0.2) is 0 Å². The van der Waals surface area contributed by atoms with Gasteiger partial charge in [-0.15, -0.1) is 11.3 Å². The van der Waals surface area contributed by atoms with Crippen LogP contribution in [0.5, 0.6) is 0 Å². The van der Waals surface area contributed by atoms with Crippen molar-refractivity contribution < 1.29 is 4.79 Å². The first kappa shape index (κ1) is 16.5. The van der Waals surface area contributed by atoms with Gasteiger partial charge < -0.3 is 4.90 Å². The lowest BCUT2D eigenvalue weighted by atomic mass is 10.0. The molecule has 1 aromatic heterocycles. The zero-order valence-electron chi connectivity index (χ0n) is 13.2. The number of carbonyl (C=O) groups excluding carboxylic acids is 1. The summed E-state index contributed by atoms with van der Waals surface area (Å²) in [6.07, 6.45) is 2.28. The molecule has 1 unspecified atom stereocenters. The van der Waals surface area contributed by atoms with Gasteiger partial charge in [-0.25, -0.2) is 0 Å². The average Bonchev–Trinajstić information content (AvgIpc) is 3.17. The SMILES string of the molecule is CN(Cc1ccc(Cl)s1)C(=O)CN1CCCC1c1ccccc1. The van der Waals surface area contributed by atoms with Crippen LogP contribution in [-0.4, -0.2) is 35.8 Å². The summed E-state index contributed by atoms with van der Waals surface area (Å²) in [5.74, 6) is 0.164. The fraction of sp³-hybridized carbons (Fsp3) is 0.389. The Morgan fingerprint density at radius 1 is 1.30 bits per heavy atom. The van der Waals surface area contributed by atoms with Gasteiger partial charge in [0.1, 0.15) is 0 Å². The molecule has 0 aliphatic carbocycles. The third-order valence-electron chi connectivity index (χ3n) is 4.33. The Hall–Kier alpha value is -1.36. The Kier molecular flexibility index (Phi) is 5.36. The van der Waals surface area contributed by atoms with E-state index < -0.39 is 0 Å². The topological polar surface area (TPSA) is 23.6 Å². The molecule has 1 atom stereocenters. The fourth-order valence-electron chi connectivity index (χ4n) is 3.12. The van der Waals surface area contributed by atoms with Gasteiger partial charge >= 0.3 is 0 Å². The van der Waals surface area contributed by atoms with E-state index in [-0.39, 0.29) is 5.91 Å². The zero-order chi connectivity index (χ0) is 16.2. The van der Waals surface area contributed by atoms with Crippen molar-refractivity contribution >= 4 is 28.8 Å². The molecule has 0 N–H and O–H groups in total. The minimum Gasteiger partial charge on any atom is -0.340 e. The third kappa shape index (κ3) is 4.14. The molecule has 1 amide bonds. The molecular weight excluding hydrogens is 328 g/mol. The van der Waals surface area contributed by atoms with Crippen LogP contribution in [0.25, 0.3) is 0 Å². The summed E-state index contributed by atoms with van der Waals surface area (Å²) in [6.45, 7) is 2.10. The van der Waals surface area contributed by atoms with Crippen molar-refractivity contribution in [1.82, 2.24) is 9.80 Å². The van der Waals surface area contributed by atoms with Gasteiger partial charge in [-0.2, -0.15) is 0 Å². The van der Waals surface area contributed by atoms with E-state index in [0.717, 1.165) is 28.6 Å². The van der Waals surface area contributed by atoms with Gasteiger partial charge in [0.05, 0.1) is 17.4 Å². The standard InChI is InChI=1S/C18H21ClN2OS/c1-20(12-15-9-10-17(19)23-15)18(22)13-21-11-5-8-16(21)14-6-3-2-4-7-14/h2-4,6-7,9-10,16H,5,8,11-13H2,1H3. The number of amides is 1. The highest BCUT2D eigenvalue weighted by Crippen LogP contribution is 2.31. The van der Waals surface area contributed by atoms with E-state index in [1.54, 1.807) is 4.90 Å². The molecule has 2 aromatic rings. The number of hydrogen-bond donors (Lipinski definition) is 0. The van der Waals surface area contributed by atoms with Crippen LogP contribution in [0.1, 0.15) is 29.3 Å². The van der Waals surface area contributed by atoms with E-state index in [1.807, 2.05) is 25.2 Å². The quantitative estimate of drug-likeness (QED) is 0.808. The molecule has 1 aliphatic rings. The second kappa shape index (κ2) is 7.47. The van der Waals surface area contributed by atoms with Crippen molar-refractivity contribution in [1.29, 1.82) is 0 Å². The highest BCUT2D eigenvalue weighted by molar-refractivity contribution is 7.16. The number of nitrogens with zero attached hydrogens (tertiary/aromatic N) is 2. The van der Waals surface area contributed by atoms with Crippen LogP contribution in [0.2, 0.25) is 4.34 Å². The molecule has 1 aliphatic heterocycles. The predicted octanol–water partition coefficient (Wildman–Crippen LogP) is 4.20. The molecule has 2 heterocycles. The molecule has 1 fully saturated rings. The number of carbonyl (C=O) groups is 1. The summed E-state index contributed by atoms with van der Waals surface area (Å²) < 4.78 is 0.768. The van der Waals surface area contributed by atoms with Gasteiger partial charge in [0.25, 0.3) is 0 Å². The highest BCUT2D eigenvalue weighted by atomic mass is 35.5. The monoisotopic (exact) mass is 348 g/mol. The van der Waals surface area contributed by atoms with E-state index in [1.165, 1.54) is 16.9 Å². The molecular formula is C18H21ClN2OS. The molecule has 23 heavy (non-hydrogen) atoms. The number of benzene rings is 1. The smallest absolute Gasteiger partial charge is 0.236 e. The Labute approximate surface area is 146 Å². The van der Waals surface area contributed by atoms with Crippen molar-refractivity contribution in [2.24, 2.45) is 0 Å². The van der Waals surface area contributed by atoms with Crippen molar-refractivity contribution in [2.75, 3.05) is 20.1 Å². The van der Waals surface area contributed by atoms with Crippen molar-refractivity contribution in [3.05, 3.63) is 57.2 Å². The Bertz CT molecular complexity index is 658. The highest BCUT2D eigenvalue weighted by Gasteiger charge is 2.28. The molecule has 122 valence electrons. The summed E-state index contributed by atoms with van der Waals surface area (Å²) in [7, 11) is 1.86. The summed E-state index contributed by atoms with van der Waals surface area (Å²) in [5, 5.41) is 0. The first-order chi connectivity index (χ1) is 11.1. The maximum Gasteiger partial charge on any atom is 0.236 e. The lowest BCUT2D eigenvalue weighted by Gasteiger charge is -2.26.